The van der Waals surface area contributed by atoms with Crippen LogP contribution in [0.25, 0.3) is 0 Å². The van der Waals surface area contributed by atoms with Crippen molar-refractivity contribution in [2.75, 3.05) is 6.54 Å². The maximum absolute atomic E-state index is 13.6. The van der Waals surface area contributed by atoms with E-state index in [0.717, 1.165) is 13.0 Å². The Balaban J connectivity index is 2.03. The molecule has 0 aliphatic rings. The van der Waals surface area contributed by atoms with Crippen molar-refractivity contribution < 1.29 is 8.81 Å². The van der Waals surface area contributed by atoms with Crippen molar-refractivity contribution in [3.05, 3.63) is 46.4 Å². The third kappa shape index (κ3) is 3.75. The lowest BCUT2D eigenvalue weighted by atomic mass is 10.1. The van der Waals surface area contributed by atoms with Gasteiger partial charge in [-0.15, -0.1) is 10.2 Å². The van der Waals surface area contributed by atoms with Crippen LogP contribution in [0.1, 0.15) is 30.7 Å². The maximum Gasteiger partial charge on any atom is 0.230 e. The molecule has 0 unspecified atom stereocenters. The smallest absolute Gasteiger partial charge is 0.230 e. The van der Waals surface area contributed by atoms with Crippen LogP contribution in [-0.2, 0) is 13.0 Å². The highest BCUT2D eigenvalue weighted by molar-refractivity contribution is 6.31. The van der Waals surface area contributed by atoms with Gasteiger partial charge in [-0.1, -0.05) is 24.6 Å². The number of halogens is 2. The molecule has 0 radical (unpaired) electrons. The molecule has 1 aromatic heterocycles. The Morgan fingerprint density at radius 3 is 2.84 bits per heavy atom. The van der Waals surface area contributed by atoms with Crippen molar-refractivity contribution in [1.82, 2.24) is 15.5 Å². The molecule has 0 aliphatic heterocycles. The Kier molecular flexibility index (Phi) is 4.87. The molecule has 2 rings (SSSR count). The lowest BCUT2D eigenvalue weighted by Gasteiger charge is -2.02. The van der Waals surface area contributed by atoms with Gasteiger partial charge in [0.2, 0.25) is 11.8 Å². The first kappa shape index (κ1) is 14.0. The van der Waals surface area contributed by atoms with Crippen molar-refractivity contribution in [1.29, 1.82) is 0 Å². The molecule has 4 nitrogen and oxygen atoms in total. The molecule has 0 aliphatic carbocycles. The molecule has 0 saturated carbocycles. The number of aromatic nitrogens is 2. The summed E-state index contributed by atoms with van der Waals surface area (Å²) in [6.07, 6.45) is 1.23. The zero-order valence-corrected chi connectivity index (χ0v) is 11.4. The van der Waals surface area contributed by atoms with E-state index in [2.05, 4.69) is 22.4 Å². The van der Waals surface area contributed by atoms with E-state index in [0.29, 0.717) is 28.9 Å². The molecule has 102 valence electrons. The molecular weight excluding hydrogens is 269 g/mol. The van der Waals surface area contributed by atoms with Crippen LogP contribution in [0.5, 0.6) is 0 Å². The Hall–Kier alpha value is -1.46. The van der Waals surface area contributed by atoms with E-state index >= 15 is 0 Å². The van der Waals surface area contributed by atoms with Gasteiger partial charge in [-0.05, 0) is 25.1 Å². The average molecular weight is 284 g/mol. The molecule has 0 bridgehead atoms. The SMILES string of the molecule is CCCNCc1nnc(Cc2c(F)cccc2Cl)o1. The number of nitrogens with one attached hydrogen (secondary N) is 1. The molecule has 0 atom stereocenters. The van der Waals surface area contributed by atoms with Crippen molar-refractivity contribution in [3.8, 4) is 0 Å². The van der Waals surface area contributed by atoms with E-state index in [9.17, 15) is 4.39 Å². The minimum Gasteiger partial charge on any atom is -0.424 e. The van der Waals surface area contributed by atoms with Gasteiger partial charge < -0.3 is 9.73 Å². The fourth-order valence-electron chi connectivity index (χ4n) is 1.66. The van der Waals surface area contributed by atoms with Crippen molar-refractivity contribution in [3.63, 3.8) is 0 Å². The van der Waals surface area contributed by atoms with E-state index in [1.165, 1.54) is 6.07 Å². The van der Waals surface area contributed by atoms with Crippen LogP contribution in [0.3, 0.4) is 0 Å². The van der Waals surface area contributed by atoms with Gasteiger partial charge in [-0.3, -0.25) is 0 Å². The second kappa shape index (κ2) is 6.63. The summed E-state index contributed by atoms with van der Waals surface area (Å²) >= 11 is 5.95. The predicted molar refractivity (Wildman–Crippen MR) is 70.5 cm³/mol. The monoisotopic (exact) mass is 283 g/mol. The van der Waals surface area contributed by atoms with Crippen LogP contribution in [0.15, 0.2) is 22.6 Å². The minimum absolute atomic E-state index is 0.201. The highest BCUT2D eigenvalue weighted by Gasteiger charge is 2.12. The van der Waals surface area contributed by atoms with Crippen LogP contribution >= 0.6 is 11.6 Å². The van der Waals surface area contributed by atoms with Crippen molar-refractivity contribution in [2.45, 2.75) is 26.3 Å². The summed E-state index contributed by atoms with van der Waals surface area (Å²) in [6, 6.07) is 4.57. The molecule has 0 fully saturated rings. The minimum atomic E-state index is -0.364. The van der Waals surface area contributed by atoms with Crippen LogP contribution in [0.2, 0.25) is 5.02 Å². The van der Waals surface area contributed by atoms with Crippen molar-refractivity contribution >= 4 is 11.6 Å². The highest BCUT2D eigenvalue weighted by atomic mass is 35.5. The molecule has 0 spiro atoms. The molecule has 2 aromatic rings. The second-order valence-corrected chi connectivity index (χ2v) is 4.55. The van der Waals surface area contributed by atoms with Crippen LogP contribution in [0.4, 0.5) is 4.39 Å². The van der Waals surface area contributed by atoms with Gasteiger partial charge in [0.05, 0.1) is 13.0 Å². The first-order valence-electron chi connectivity index (χ1n) is 6.15. The fraction of sp³-hybridized carbons (Fsp3) is 0.385. The third-order valence-corrected chi connectivity index (χ3v) is 2.96. The molecule has 1 N–H and O–H groups in total. The first-order chi connectivity index (χ1) is 9.20. The van der Waals surface area contributed by atoms with E-state index in [4.69, 9.17) is 16.0 Å². The first-order valence-corrected chi connectivity index (χ1v) is 6.53. The predicted octanol–water partition coefficient (Wildman–Crippen LogP) is 2.95. The quantitative estimate of drug-likeness (QED) is 0.828. The maximum atomic E-state index is 13.6. The Bertz CT molecular complexity index is 524. The highest BCUT2D eigenvalue weighted by Crippen LogP contribution is 2.21. The largest absolute Gasteiger partial charge is 0.424 e. The summed E-state index contributed by atoms with van der Waals surface area (Å²) < 4.78 is 19.0. The molecule has 0 saturated heterocycles. The molecule has 19 heavy (non-hydrogen) atoms. The summed E-state index contributed by atoms with van der Waals surface area (Å²) in [4.78, 5) is 0. The fourth-order valence-corrected chi connectivity index (χ4v) is 1.89. The van der Waals surface area contributed by atoms with E-state index in [1.807, 2.05) is 0 Å². The van der Waals surface area contributed by atoms with Gasteiger partial charge >= 0.3 is 0 Å². The number of hydrogen-bond acceptors (Lipinski definition) is 4. The van der Waals surface area contributed by atoms with E-state index in [-0.39, 0.29) is 12.2 Å². The number of benzene rings is 1. The Morgan fingerprint density at radius 2 is 2.11 bits per heavy atom. The van der Waals surface area contributed by atoms with Gasteiger partial charge in [0.25, 0.3) is 0 Å². The normalized spacial score (nSPS) is 10.9. The second-order valence-electron chi connectivity index (χ2n) is 4.14. The number of nitrogens with zero attached hydrogens (tertiary/aromatic N) is 2. The van der Waals surface area contributed by atoms with Crippen LogP contribution in [0, 0.1) is 5.82 Å². The van der Waals surface area contributed by atoms with Crippen LogP contribution < -0.4 is 5.32 Å². The molecule has 1 aromatic carbocycles. The molecule has 0 amide bonds. The Labute approximate surface area is 116 Å². The van der Waals surface area contributed by atoms with Gasteiger partial charge in [0.15, 0.2) is 0 Å². The van der Waals surface area contributed by atoms with Crippen molar-refractivity contribution in [2.24, 2.45) is 0 Å². The zero-order valence-electron chi connectivity index (χ0n) is 10.6. The summed E-state index contributed by atoms with van der Waals surface area (Å²) in [5, 5.41) is 11.3. The molecule has 6 heteroatoms. The zero-order chi connectivity index (χ0) is 13.7. The van der Waals surface area contributed by atoms with E-state index < -0.39 is 0 Å². The topological polar surface area (TPSA) is 51.0 Å². The summed E-state index contributed by atoms with van der Waals surface area (Å²) in [7, 11) is 0. The molecule has 1 heterocycles. The van der Waals surface area contributed by atoms with Gasteiger partial charge in [0, 0.05) is 10.6 Å². The Morgan fingerprint density at radius 1 is 1.32 bits per heavy atom. The van der Waals surface area contributed by atoms with Gasteiger partial charge in [0.1, 0.15) is 5.82 Å². The average Bonchev–Trinajstić information content (AvgIpc) is 2.82. The van der Waals surface area contributed by atoms with Crippen LogP contribution in [-0.4, -0.2) is 16.7 Å². The standard InChI is InChI=1S/C13H15ClFN3O/c1-2-6-16-8-13-18-17-12(19-13)7-9-10(14)4-3-5-11(9)15/h3-5,16H,2,6-8H2,1H3. The lowest BCUT2D eigenvalue weighted by Crippen LogP contribution is -2.13. The summed E-state index contributed by atoms with van der Waals surface area (Å²) in [5.74, 6) is 0.493. The summed E-state index contributed by atoms with van der Waals surface area (Å²) in [5.41, 5.74) is 0.376. The third-order valence-electron chi connectivity index (χ3n) is 2.60. The van der Waals surface area contributed by atoms with Gasteiger partial charge in [-0.25, -0.2) is 4.39 Å². The number of hydrogen-bond donors (Lipinski definition) is 1. The van der Waals surface area contributed by atoms with Gasteiger partial charge in [-0.2, -0.15) is 0 Å². The molecular formula is C13H15ClFN3O. The lowest BCUT2D eigenvalue weighted by molar-refractivity contribution is 0.437. The number of rotatable bonds is 6. The van der Waals surface area contributed by atoms with E-state index in [1.54, 1.807) is 12.1 Å². The summed E-state index contributed by atoms with van der Waals surface area (Å²) in [6.45, 7) is 3.48.